The highest BCUT2D eigenvalue weighted by atomic mass is 35.5. The largest absolute Gasteiger partial charge is 0.309 e. The van der Waals surface area contributed by atoms with E-state index in [9.17, 15) is 0 Å². The minimum absolute atomic E-state index is 0.700. The number of para-hydroxylation sites is 2. The van der Waals surface area contributed by atoms with Gasteiger partial charge in [0.2, 0.25) is 0 Å². The van der Waals surface area contributed by atoms with Gasteiger partial charge in [-0.25, -0.2) is 0 Å². The number of nitrogens with zero attached hydrogens (tertiary/aromatic N) is 1. The van der Waals surface area contributed by atoms with Crippen molar-refractivity contribution in [2.24, 2.45) is 0 Å². The highest BCUT2D eigenvalue weighted by molar-refractivity contribution is 7.20. The fourth-order valence-electron chi connectivity index (χ4n) is 3.51. The van der Waals surface area contributed by atoms with Crippen molar-refractivity contribution in [3.8, 4) is 16.1 Å². The molecule has 126 valence electrons. The number of hydrogen-bond donors (Lipinski definition) is 0. The number of benzene rings is 3. The van der Waals surface area contributed by atoms with Crippen LogP contribution in [0, 0.1) is 0 Å². The van der Waals surface area contributed by atoms with E-state index in [-0.39, 0.29) is 0 Å². The Balaban J connectivity index is 1.85. The fourth-order valence-corrected chi connectivity index (χ4v) is 5.08. The Labute approximate surface area is 165 Å². The molecule has 5 aromatic rings. The normalized spacial score (nSPS) is 11.5. The summed E-state index contributed by atoms with van der Waals surface area (Å²) in [6, 6.07) is 27.2. The zero-order valence-electron chi connectivity index (χ0n) is 13.6. The van der Waals surface area contributed by atoms with Crippen LogP contribution in [0.2, 0.25) is 9.36 Å². The molecule has 2 heterocycles. The summed E-state index contributed by atoms with van der Waals surface area (Å²) in [4.78, 5) is 1.01. The molecule has 4 heteroatoms. The summed E-state index contributed by atoms with van der Waals surface area (Å²) < 4.78 is 3.01. The van der Waals surface area contributed by atoms with Gasteiger partial charge in [0.1, 0.15) is 0 Å². The minimum atomic E-state index is 0.700. The third-order valence-corrected chi connectivity index (χ3v) is 6.33. The third-order valence-electron chi connectivity index (χ3n) is 4.61. The Morgan fingerprint density at radius 3 is 2.19 bits per heavy atom. The minimum Gasteiger partial charge on any atom is -0.309 e. The molecule has 1 nitrogen and oxygen atoms in total. The van der Waals surface area contributed by atoms with Gasteiger partial charge in [-0.3, -0.25) is 0 Å². The number of aromatic nitrogens is 1. The zero-order valence-corrected chi connectivity index (χ0v) is 15.9. The van der Waals surface area contributed by atoms with E-state index in [2.05, 4.69) is 71.3 Å². The second-order valence-corrected chi connectivity index (χ2v) is 8.24. The van der Waals surface area contributed by atoms with E-state index in [1.165, 1.54) is 33.1 Å². The topological polar surface area (TPSA) is 4.93 Å². The fraction of sp³-hybridized carbons (Fsp3) is 0. The van der Waals surface area contributed by atoms with Crippen LogP contribution in [0.15, 0.2) is 78.9 Å². The maximum absolute atomic E-state index is 6.37. The standard InChI is InChI=1S/C22H13Cl2NS/c23-18-13-21(24)26-22(18)14-10-11-20-17(12-14)16-8-4-5-9-19(16)25(20)15-6-2-1-3-7-15/h1-13H. The summed E-state index contributed by atoms with van der Waals surface area (Å²) in [5.74, 6) is 0. The smallest absolute Gasteiger partial charge is 0.0950 e. The summed E-state index contributed by atoms with van der Waals surface area (Å²) in [7, 11) is 0. The molecule has 0 aliphatic carbocycles. The molecule has 0 saturated heterocycles. The second-order valence-electron chi connectivity index (χ2n) is 6.15. The summed E-state index contributed by atoms with van der Waals surface area (Å²) >= 11 is 14.0. The Morgan fingerprint density at radius 1 is 0.692 bits per heavy atom. The highest BCUT2D eigenvalue weighted by Crippen LogP contribution is 2.41. The van der Waals surface area contributed by atoms with E-state index in [1.807, 2.05) is 6.07 Å². The summed E-state index contributed by atoms with van der Waals surface area (Å²) in [5, 5.41) is 3.14. The van der Waals surface area contributed by atoms with Crippen LogP contribution >= 0.6 is 34.5 Å². The van der Waals surface area contributed by atoms with Crippen LogP contribution in [0.4, 0.5) is 0 Å². The van der Waals surface area contributed by atoms with Gasteiger partial charge in [-0.05, 0) is 42.0 Å². The van der Waals surface area contributed by atoms with E-state index in [1.54, 1.807) is 6.07 Å². The van der Waals surface area contributed by atoms with E-state index >= 15 is 0 Å². The van der Waals surface area contributed by atoms with Gasteiger partial charge in [0.05, 0.1) is 25.3 Å². The molecule has 5 rings (SSSR count). The summed E-state index contributed by atoms with van der Waals surface area (Å²) in [6.45, 7) is 0. The van der Waals surface area contributed by atoms with Crippen molar-refractivity contribution in [3.05, 3.63) is 88.2 Å². The maximum Gasteiger partial charge on any atom is 0.0950 e. The van der Waals surface area contributed by atoms with E-state index < -0.39 is 0 Å². The van der Waals surface area contributed by atoms with Gasteiger partial charge in [-0.1, -0.05) is 65.7 Å². The van der Waals surface area contributed by atoms with Crippen molar-refractivity contribution >= 4 is 56.3 Å². The number of rotatable bonds is 2. The van der Waals surface area contributed by atoms with Crippen molar-refractivity contribution in [1.29, 1.82) is 0 Å². The van der Waals surface area contributed by atoms with E-state index in [0.29, 0.717) is 9.36 Å². The zero-order chi connectivity index (χ0) is 17.7. The lowest BCUT2D eigenvalue weighted by Gasteiger charge is -2.07. The van der Waals surface area contributed by atoms with Gasteiger partial charge in [-0.2, -0.15) is 0 Å². The first-order chi connectivity index (χ1) is 12.7. The number of fused-ring (bicyclic) bond motifs is 3. The van der Waals surface area contributed by atoms with Crippen LogP contribution in [-0.4, -0.2) is 4.57 Å². The average molecular weight is 394 g/mol. The summed E-state index contributed by atoms with van der Waals surface area (Å²) in [6.07, 6.45) is 0. The molecule has 0 aliphatic rings. The molecular weight excluding hydrogens is 381 g/mol. The van der Waals surface area contributed by atoms with Crippen LogP contribution < -0.4 is 0 Å². The van der Waals surface area contributed by atoms with Gasteiger partial charge in [0.25, 0.3) is 0 Å². The molecule has 0 unspecified atom stereocenters. The quantitative estimate of drug-likeness (QED) is 0.288. The molecule has 0 fully saturated rings. The van der Waals surface area contributed by atoms with Crippen LogP contribution in [-0.2, 0) is 0 Å². The van der Waals surface area contributed by atoms with Crippen LogP contribution in [0.3, 0.4) is 0 Å². The van der Waals surface area contributed by atoms with Crippen LogP contribution in [0.5, 0.6) is 0 Å². The Kier molecular flexibility index (Phi) is 3.79. The van der Waals surface area contributed by atoms with Crippen LogP contribution in [0.25, 0.3) is 37.9 Å². The molecule has 0 bridgehead atoms. The maximum atomic E-state index is 6.37. The number of thiophene rings is 1. The first kappa shape index (κ1) is 16.0. The molecule has 0 atom stereocenters. The van der Waals surface area contributed by atoms with Crippen molar-refractivity contribution in [3.63, 3.8) is 0 Å². The van der Waals surface area contributed by atoms with Crippen LogP contribution in [0.1, 0.15) is 0 Å². The monoisotopic (exact) mass is 393 g/mol. The van der Waals surface area contributed by atoms with Gasteiger partial charge in [-0.15, -0.1) is 11.3 Å². The predicted octanol–water partition coefficient (Wildman–Crippen LogP) is 7.82. The molecule has 0 amide bonds. The number of hydrogen-bond acceptors (Lipinski definition) is 1. The molecule has 0 saturated carbocycles. The lowest BCUT2D eigenvalue weighted by atomic mass is 10.1. The summed E-state index contributed by atoms with van der Waals surface area (Å²) in [5.41, 5.74) is 4.63. The van der Waals surface area contributed by atoms with Gasteiger partial charge in [0.15, 0.2) is 0 Å². The second kappa shape index (κ2) is 6.17. The third kappa shape index (κ3) is 2.45. The Morgan fingerprint density at radius 2 is 1.42 bits per heavy atom. The SMILES string of the molecule is Clc1cc(Cl)c(-c2ccc3c(c2)c2ccccc2n3-c2ccccc2)s1. The molecule has 3 aromatic carbocycles. The molecular formula is C22H13Cl2NS. The van der Waals surface area contributed by atoms with Crippen molar-refractivity contribution in [2.75, 3.05) is 0 Å². The van der Waals surface area contributed by atoms with Crippen molar-refractivity contribution in [1.82, 2.24) is 4.57 Å². The number of halogens is 2. The lowest BCUT2D eigenvalue weighted by molar-refractivity contribution is 1.18. The predicted molar refractivity (Wildman–Crippen MR) is 114 cm³/mol. The molecule has 0 N–H and O–H groups in total. The molecule has 0 radical (unpaired) electrons. The molecule has 0 aliphatic heterocycles. The molecule has 26 heavy (non-hydrogen) atoms. The average Bonchev–Trinajstić information content (AvgIpc) is 3.18. The molecule has 0 spiro atoms. The Hall–Kier alpha value is -2.26. The first-order valence-electron chi connectivity index (χ1n) is 8.26. The molecule has 2 aromatic heterocycles. The van der Waals surface area contributed by atoms with E-state index in [0.717, 1.165) is 16.1 Å². The van der Waals surface area contributed by atoms with Crippen molar-refractivity contribution < 1.29 is 0 Å². The van der Waals surface area contributed by atoms with Gasteiger partial charge >= 0.3 is 0 Å². The highest BCUT2D eigenvalue weighted by Gasteiger charge is 2.14. The first-order valence-corrected chi connectivity index (χ1v) is 9.83. The Bertz CT molecular complexity index is 1250. The van der Waals surface area contributed by atoms with Gasteiger partial charge in [0, 0.05) is 16.5 Å². The lowest BCUT2D eigenvalue weighted by Crippen LogP contribution is -1.92. The van der Waals surface area contributed by atoms with Gasteiger partial charge < -0.3 is 4.57 Å². The van der Waals surface area contributed by atoms with E-state index in [4.69, 9.17) is 23.2 Å². The van der Waals surface area contributed by atoms with Crippen molar-refractivity contribution in [2.45, 2.75) is 0 Å².